The average molecular weight is 366 g/mol. The Labute approximate surface area is 119 Å². The molecule has 0 aliphatic heterocycles. The smallest absolute Gasteiger partial charge is 0.412 e. The van der Waals surface area contributed by atoms with Crippen molar-refractivity contribution < 1.29 is 13.9 Å². The summed E-state index contributed by atoms with van der Waals surface area (Å²) in [7, 11) is 0. The van der Waals surface area contributed by atoms with Gasteiger partial charge in [-0.1, -0.05) is 0 Å². The van der Waals surface area contributed by atoms with Gasteiger partial charge in [0.1, 0.15) is 5.60 Å². The molecule has 4 nitrogen and oxygen atoms in total. The summed E-state index contributed by atoms with van der Waals surface area (Å²) in [6, 6.07) is 3.06. The fraction of sp³-hybridized carbons (Fsp3) is 0.500. The summed E-state index contributed by atoms with van der Waals surface area (Å²) in [5, 5.41) is 2.54. The number of hydrogen-bond donors (Lipinski definition) is 1. The third-order valence-corrected chi connectivity index (χ3v) is 2.41. The minimum Gasteiger partial charge on any atom is -0.444 e. The lowest BCUT2D eigenvalue weighted by Gasteiger charge is -2.20. The summed E-state index contributed by atoms with van der Waals surface area (Å²) in [6.07, 6.45) is 0.868. The van der Waals surface area contributed by atoms with E-state index in [1.807, 2.05) is 0 Å². The third kappa shape index (κ3) is 5.16. The molecule has 0 radical (unpaired) electrons. The molecule has 100 valence electrons. The van der Waals surface area contributed by atoms with Crippen LogP contribution in [0.5, 0.6) is 0 Å². The first-order valence-electron chi connectivity index (χ1n) is 5.42. The van der Waals surface area contributed by atoms with Crippen molar-refractivity contribution in [2.75, 3.05) is 5.32 Å². The van der Waals surface area contributed by atoms with Gasteiger partial charge in [-0.15, -0.1) is 0 Å². The number of pyridine rings is 1. The van der Waals surface area contributed by atoms with Gasteiger partial charge in [-0.2, -0.15) is 0 Å². The van der Waals surface area contributed by atoms with Crippen LogP contribution in [0.4, 0.5) is 14.9 Å². The maximum absolute atomic E-state index is 13.7. The predicted octanol–water partition coefficient (Wildman–Crippen LogP) is 4.01. The standard InChI is InChI=1S/C12H16FIN2O2/c1-11(2,3)18-10(17)16-8-5-6-15-9(7-8)12(4,13)14/h5-7H,1-4H3,(H,15,16,17). The molecule has 18 heavy (non-hydrogen) atoms. The molecule has 1 N–H and O–H groups in total. The first-order chi connectivity index (χ1) is 8.08. The largest absolute Gasteiger partial charge is 0.444 e. The van der Waals surface area contributed by atoms with Crippen LogP contribution in [0, 0.1) is 0 Å². The summed E-state index contributed by atoms with van der Waals surface area (Å²) in [4.78, 5) is 15.5. The monoisotopic (exact) mass is 366 g/mol. The lowest BCUT2D eigenvalue weighted by Crippen LogP contribution is -2.27. The van der Waals surface area contributed by atoms with Gasteiger partial charge in [0.2, 0.25) is 0 Å². The minimum atomic E-state index is -1.58. The number of carbonyl (C=O) groups is 1. The Morgan fingerprint density at radius 2 is 2.06 bits per heavy atom. The van der Waals surface area contributed by atoms with Crippen LogP contribution < -0.4 is 5.32 Å². The van der Waals surface area contributed by atoms with Crippen molar-refractivity contribution in [3.05, 3.63) is 24.0 Å². The Bertz CT molecular complexity index is 438. The number of halogens is 2. The van der Waals surface area contributed by atoms with Crippen LogP contribution >= 0.6 is 22.6 Å². The van der Waals surface area contributed by atoms with Crippen LogP contribution in [-0.4, -0.2) is 16.7 Å². The summed E-state index contributed by atoms with van der Waals surface area (Å²) < 4.78 is 17.2. The molecule has 1 atom stereocenters. The number of hydrogen-bond acceptors (Lipinski definition) is 3. The Morgan fingerprint density at radius 3 is 2.56 bits per heavy atom. The highest BCUT2D eigenvalue weighted by molar-refractivity contribution is 14.1. The van der Waals surface area contributed by atoms with E-state index in [4.69, 9.17) is 4.74 Å². The number of nitrogens with one attached hydrogen (secondary N) is 1. The fourth-order valence-electron chi connectivity index (χ4n) is 1.17. The quantitative estimate of drug-likeness (QED) is 0.636. The van der Waals surface area contributed by atoms with E-state index in [0.29, 0.717) is 5.69 Å². The van der Waals surface area contributed by atoms with Crippen LogP contribution in [-0.2, 0) is 8.41 Å². The zero-order valence-corrected chi connectivity index (χ0v) is 12.9. The van der Waals surface area contributed by atoms with Gasteiger partial charge in [0.15, 0.2) is 3.68 Å². The number of carbonyl (C=O) groups excluding carboxylic acids is 1. The molecule has 0 aliphatic carbocycles. The molecule has 0 bridgehead atoms. The molecule has 0 aliphatic rings. The molecular weight excluding hydrogens is 350 g/mol. The number of nitrogens with zero attached hydrogens (tertiary/aromatic N) is 1. The van der Waals surface area contributed by atoms with E-state index in [2.05, 4.69) is 10.3 Å². The van der Waals surface area contributed by atoms with Crippen molar-refractivity contribution in [2.24, 2.45) is 0 Å². The summed E-state index contributed by atoms with van der Waals surface area (Å²) in [5.74, 6) is 0. The average Bonchev–Trinajstić information content (AvgIpc) is 2.13. The molecule has 1 amide bonds. The lowest BCUT2D eigenvalue weighted by molar-refractivity contribution is 0.0636. The summed E-state index contributed by atoms with van der Waals surface area (Å²) in [5.41, 5.74) is 0.129. The van der Waals surface area contributed by atoms with Crippen molar-refractivity contribution >= 4 is 34.4 Å². The number of aromatic nitrogens is 1. The topological polar surface area (TPSA) is 51.2 Å². The first kappa shape index (κ1) is 15.1. The molecular formula is C12H16FIN2O2. The molecule has 6 heteroatoms. The van der Waals surface area contributed by atoms with Gasteiger partial charge >= 0.3 is 6.09 Å². The molecule has 1 aromatic heterocycles. The molecule has 0 fully saturated rings. The highest BCUT2D eigenvalue weighted by Gasteiger charge is 2.23. The number of alkyl halides is 2. The Kier molecular flexibility index (Phi) is 4.52. The van der Waals surface area contributed by atoms with Crippen LogP contribution in [0.25, 0.3) is 0 Å². The highest BCUT2D eigenvalue weighted by atomic mass is 127. The Hall–Kier alpha value is -0.920. The summed E-state index contributed by atoms with van der Waals surface area (Å²) in [6.45, 7) is 6.71. The van der Waals surface area contributed by atoms with E-state index in [1.165, 1.54) is 19.2 Å². The lowest BCUT2D eigenvalue weighted by atomic mass is 10.2. The van der Waals surface area contributed by atoms with Gasteiger partial charge in [0.05, 0.1) is 5.69 Å². The molecule has 0 spiro atoms. The van der Waals surface area contributed by atoms with E-state index in [-0.39, 0.29) is 5.69 Å². The number of rotatable bonds is 2. The van der Waals surface area contributed by atoms with Gasteiger partial charge in [-0.05, 0) is 62.4 Å². The van der Waals surface area contributed by atoms with Gasteiger partial charge in [-0.3, -0.25) is 10.3 Å². The predicted molar refractivity (Wildman–Crippen MR) is 76.6 cm³/mol. The second-order valence-corrected chi connectivity index (χ2v) is 6.97. The minimum absolute atomic E-state index is 0.247. The number of ether oxygens (including phenoxy) is 1. The molecule has 1 heterocycles. The SMILES string of the molecule is CC(C)(C)OC(=O)Nc1ccnc(C(C)(F)I)c1. The van der Waals surface area contributed by atoms with Crippen molar-refractivity contribution in [2.45, 2.75) is 37.0 Å². The Morgan fingerprint density at radius 1 is 1.44 bits per heavy atom. The molecule has 1 rings (SSSR count). The molecule has 0 saturated heterocycles. The molecule has 0 aromatic carbocycles. The first-order valence-corrected chi connectivity index (χ1v) is 6.50. The highest BCUT2D eigenvalue weighted by Crippen LogP contribution is 2.32. The van der Waals surface area contributed by atoms with Crippen molar-refractivity contribution in [3.8, 4) is 0 Å². The van der Waals surface area contributed by atoms with Crippen LogP contribution in [0.2, 0.25) is 0 Å². The zero-order valence-electron chi connectivity index (χ0n) is 10.8. The molecule has 1 aromatic rings. The number of amides is 1. The van der Waals surface area contributed by atoms with Gasteiger partial charge in [0, 0.05) is 11.9 Å². The zero-order chi connectivity index (χ0) is 14.0. The van der Waals surface area contributed by atoms with Crippen molar-refractivity contribution in [1.82, 2.24) is 4.98 Å². The van der Waals surface area contributed by atoms with Crippen LogP contribution in [0.15, 0.2) is 18.3 Å². The van der Waals surface area contributed by atoms with Crippen molar-refractivity contribution in [3.63, 3.8) is 0 Å². The van der Waals surface area contributed by atoms with Crippen LogP contribution in [0.3, 0.4) is 0 Å². The maximum atomic E-state index is 13.7. The van der Waals surface area contributed by atoms with E-state index in [0.717, 1.165) is 0 Å². The van der Waals surface area contributed by atoms with E-state index < -0.39 is 15.4 Å². The molecule has 1 unspecified atom stereocenters. The summed E-state index contributed by atoms with van der Waals surface area (Å²) >= 11 is 1.64. The third-order valence-electron chi connectivity index (χ3n) is 1.85. The van der Waals surface area contributed by atoms with E-state index in [1.54, 1.807) is 49.4 Å². The van der Waals surface area contributed by atoms with Gasteiger partial charge < -0.3 is 4.74 Å². The fourth-order valence-corrected chi connectivity index (χ4v) is 1.46. The Balaban J connectivity index is 2.77. The second-order valence-electron chi connectivity index (χ2n) is 4.95. The number of anilines is 1. The normalized spacial score (nSPS) is 14.8. The maximum Gasteiger partial charge on any atom is 0.412 e. The van der Waals surface area contributed by atoms with Crippen LogP contribution in [0.1, 0.15) is 33.4 Å². The molecule has 0 saturated carbocycles. The van der Waals surface area contributed by atoms with Gasteiger partial charge in [-0.25, -0.2) is 9.18 Å². The second kappa shape index (κ2) is 5.38. The van der Waals surface area contributed by atoms with Gasteiger partial charge in [0.25, 0.3) is 0 Å². The van der Waals surface area contributed by atoms with E-state index >= 15 is 0 Å². The van der Waals surface area contributed by atoms with E-state index in [9.17, 15) is 9.18 Å². The van der Waals surface area contributed by atoms with Crippen molar-refractivity contribution in [1.29, 1.82) is 0 Å².